The summed E-state index contributed by atoms with van der Waals surface area (Å²) in [7, 11) is -1.67. The predicted molar refractivity (Wildman–Crippen MR) is 98.5 cm³/mol. The molecule has 2 aromatic heterocycles. The predicted octanol–water partition coefficient (Wildman–Crippen LogP) is 1.64. The lowest BCUT2D eigenvalue weighted by atomic mass is 9.77. The highest BCUT2D eigenvalue weighted by molar-refractivity contribution is 6.59. The number of rotatable bonds is 4. The number of pyridine rings is 2. The second kappa shape index (κ2) is 6.34. The molecule has 2 N–H and O–H groups in total. The Morgan fingerprint density at radius 1 is 1.31 bits per heavy atom. The monoisotopic (exact) mass is 352 g/mol. The molecule has 0 bridgehead atoms. The van der Waals surface area contributed by atoms with Gasteiger partial charge in [0.25, 0.3) is 5.56 Å². The fourth-order valence-electron chi connectivity index (χ4n) is 3.48. The molecule has 7 heteroatoms. The number of benzene rings is 1. The van der Waals surface area contributed by atoms with E-state index in [0.29, 0.717) is 23.3 Å². The first-order valence-corrected chi connectivity index (χ1v) is 8.70. The van der Waals surface area contributed by atoms with Gasteiger partial charge in [-0.3, -0.25) is 9.36 Å². The summed E-state index contributed by atoms with van der Waals surface area (Å²) in [5.74, 6) is 0.156. The lowest BCUT2D eigenvalue weighted by Crippen LogP contribution is -2.35. The number of halogens is 1. The molecular formula is C19H18BFN2O3. The molecule has 26 heavy (non-hydrogen) atoms. The van der Waals surface area contributed by atoms with Crippen molar-refractivity contribution in [3.05, 3.63) is 64.0 Å². The van der Waals surface area contributed by atoms with E-state index in [1.165, 1.54) is 22.9 Å². The van der Waals surface area contributed by atoms with Gasteiger partial charge >= 0.3 is 7.12 Å². The van der Waals surface area contributed by atoms with Gasteiger partial charge in [-0.1, -0.05) is 13.0 Å². The van der Waals surface area contributed by atoms with Crippen LogP contribution in [-0.2, 0) is 6.42 Å². The Kier molecular flexibility index (Phi) is 4.13. The van der Waals surface area contributed by atoms with Gasteiger partial charge in [0.1, 0.15) is 11.6 Å². The second-order valence-electron chi connectivity index (χ2n) is 6.66. The van der Waals surface area contributed by atoms with E-state index in [-0.39, 0.29) is 16.7 Å². The van der Waals surface area contributed by atoms with Gasteiger partial charge in [-0.15, -0.1) is 0 Å². The first-order chi connectivity index (χ1) is 12.5. The van der Waals surface area contributed by atoms with Gasteiger partial charge in [-0.2, -0.15) is 0 Å². The number of nitrogens with zero attached hydrogens (tertiary/aromatic N) is 2. The molecule has 132 valence electrons. The van der Waals surface area contributed by atoms with Crippen LogP contribution in [0.5, 0.6) is 0 Å². The number of hydrogen-bond donors (Lipinski definition) is 2. The Morgan fingerprint density at radius 3 is 2.73 bits per heavy atom. The molecule has 0 spiro atoms. The van der Waals surface area contributed by atoms with Gasteiger partial charge in [0.15, 0.2) is 0 Å². The molecule has 0 aliphatic heterocycles. The summed E-state index contributed by atoms with van der Waals surface area (Å²) in [4.78, 5) is 17.2. The topological polar surface area (TPSA) is 75.3 Å². The molecule has 1 saturated carbocycles. The minimum Gasteiger partial charge on any atom is -0.423 e. The molecule has 0 radical (unpaired) electrons. The summed E-state index contributed by atoms with van der Waals surface area (Å²) in [5, 5.41) is 19.7. The van der Waals surface area contributed by atoms with Crippen LogP contribution in [0.1, 0.15) is 36.8 Å². The molecule has 0 unspecified atom stereocenters. The fourth-order valence-corrected chi connectivity index (χ4v) is 3.48. The van der Waals surface area contributed by atoms with Gasteiger partial charge in [-0.25, -0.2) is 9.37 Å². The SMILES string of the molecule is CCc1c(B(O)O)ccnc1-n1ccc2cc(C3CC3)cc(F)c2c1=O. The maximum Gasteiger partial charge on any atom is 0.488 e. The Bertz CT molecular complexity index is 1060. The van der Waals surface area contributed by atoms with Gasteiger partial charge in [0, 0.05) is 12.4 Å². The molecular weight excluding hydrogens is 334 g/mol. The first kappa shape index (κ1) is 16.9. The summed E-state index contributed by atoms with van der Waals surface area (Å²) >= 11 is 0. The van der Waals surface area contributed by atoms with Crippen LogP contribution in [0.3, 0.4) is 0 Å². The molecule has 5 nitrogen and oxygen atoms in total. The zero-order chi connectivity index (χ0) is 18.4. The smallest absolute Gasteiger partial charge is 0.423 e. The second-order valence-corrected chi connectivity index (χ2v) is 6.66. The molecule has 1 aliphatic rings. The number of hydrogen-bond acceptors (Lipinski definition) is 4. The van der Waals surface area contributed by atoms with Crippen LogP contribution in [0, 0.1) is 5.82 Å². The van der Waals surface area contributed by atoms with Gasteiger partial charge in [0.2, 0.25) is 0 Å². The highest BCUT2D eigenvalue weighted by Crippen LogP contribution is 2.41. The fraction of sp³-hybridized carbons (Fsp3) is 0.263. The Hall–Kier alpha value is -2.51. The van der Waals surface area contributed by atoms with E-state index < -0.39 is 18.5 Å². The maximum absolute atomic E-state index is 14.7. The van der Waals surface area contributed by atoms with Crippen molar-refractivity contribution in [2.75, 3.05) is 0 Å². The minimum absolute atomic E-state index is 0.0238. The van der Waals surface area contributed by atoms with Crippen LogP contribution < -0.4 is 11.0 Å². The van der Waals surface area contributed by atoms with Crippen molar-refractivity contribution in [2.24, 2.45) is 0 Å². The van der Waals surface area contributed by atoms with Gasteiger partial charge < -0.3 is 10.0 Å². The highest BCUT2D eigenvalue weighted by atomic mass is 19.1. The first-order valence-electron chi connectivity index (χ1n) is 8.70. The van der Waals surface area contributed by atoms with E-state index in [4.69, 9.17) is 0 Å². The van der Waals surface area contributed by atoms with Crippen LogP contribution in [0.25, 0.3) is 16.6 Å². The largest absolute Gasteiger partial charge is 0.488 e. The van der Waals surface area contributed by atoms with E-state index in [2.05, 4.69) is 4.98 Å². The van der Waals surface area contributed by atoms with Crippen molar-refractivity contribution in [1.29, 1.82) is 0 Å². The number of aromatic nitrogens is 2. The summed E-state index contributed by atoms with van der Waals surface area (Å²) in [5.41, 5.74) is 1.26. The molecule has 0 atom stereocenters. The number of fused-ring (bicyclic) bond motifs is 1. The van der Waals surface area contributed by atoms with Crippen LogP contribution in [0.4, 0.5) is 4.39 Å². The lowest BCUT2D eigenvalue weighted by Gasteiger charge is -2.14. The van der Waals surface area contributed by atoms with Crippen LogP contribution >= 0.6 is 0 Å². The van der Waals surface area contributed by atoms with Crippen molar-refractivity contribution in [3.63, 3.8) is 0 Å². The summed E-state index contributed by atoms with van der Waals surface area (Å²) in [6, 6.07) is 6.54. The van der Waals surface area contributed by atoms with Crippen LogP contribution in [-0.4, -0.2) is 26.7 Å². The average Bonchev–Trinajstić information content (AvgIpc) is 3.46. The quantitative estimate of drug-likeness (QED) is 0.700. The van der Waals surface area contributed by atoms with E-state index in [0.717, 1.165) is 18.4 Å². The zero-order valence-electron chi connectivity index (χ0n) is 14.3. The van der Waals surface area contributed by atoms with Crippen LogP contribution in [0.2, 0.25) is 0 Å². The standard InChI is InChI=1S/C19H18BFN2O3/c1-2-14-15(20(25)26)5-7-22-18(14)23-8-6-12-9-13(11-3-4-11)10-16(21)17(12)19(23)24/h5-11,25-26H,2-4H2,1H3. The Balaban J connectivity index is 1.95. The molecule has 0 amide bonds. The third kappa shape index (κ3) is 2.73. The van der Waals surface area contributed by atoms with E-state index in [9.17, 15) is 19.2 Å². The molecule has 1 aromatic carbocycles. The van der Waals surface area contributed by atoms with Crippen molar-refractivity contribution >= 4 is 23.4 Å². The van der Waals surface area contributed by atoms with Crippen molar-refractivity contribution < 1.29 is 14.4 Å². The van der Waals surface area contributed by atoms with E-state index in [1.807, 2.05) is 13.0 Å². The van der Waals surface area contributed by atoms with Crippen LogP contribution in [0.15, 0.2) is 41.5 Å². The highest BCUT2D eigenvalue weighted by Gasteiger charge is 2.25. The molecule has 3 aromatic rings. The van der Waals surface area contributed by atoms with Crippen molar-refractivity contribution in [1.82, 2.24) is 9.55 Å². The normalized spacial score (nSPS) is 14.0. The average molecular weight is 352 g/mol. The summed E-state index contributed by atoms with van der Waals surface area (Å²) in [6.45, 7) is 1.83. The maximum atomic E-state index is 14.7. The van der Waals surface area contributed by atoms with E-state index in [1.54, 1.807) is 12.3 Å². The summed E-state index contributed by atoms with van der Waals surface area (Å²) < 4.78 is 15.9. The van der Waals surface area contributed by atoms with Crippen molar-refractivity contribution in [2.45, 2.75) is 32.1 Å². The molecule has 0 saturated heterocycles. The third-order valence-electron chi connectivity index (χ3n) is 4.96. The van der Waals surface area contributed by atoms with Gasteiger partial charge in [-0.05, 0) is 65.4 Å². The molecule has 2 heterocycles. The Morgan fingerprint density at radius 2 is 2.08 bits per heavy atom. The third-order valence-corrected chi connectivity index (χ3v) is 4.96. The summed E-state index contributed by atoms with van der Waals surface area (Å²) in [6.07, 6.45) is 5.54. The zero-order valence-corrected chi connectivity index (χ0v) is 14.3. The molecule has 4 rings (SSSR count). The molecule has 1 fully saturated rings. The minimum atomic E-state index is -1.67. The Labute approximate surface area is 149 Å². The molecule has 1 aliphatic carbocycles. The van der Waals surface area contributed by atoms with Crippen molar-refractivity contribution in [3.8, 4) is 5.82 Å². The lowest BCUT2D eigenvalue weighted by molar-refractivity contribution is 0.425. The van der Waals surface area contributed by atoms with E-state index >= 15 is 0 Å². The van der Waals surface area contributed by atoms with Gasteiger partial charge in [0.05, 0.1) is 5.39 Å².